The van der Waals surface area contributed by atoms with Gasteiger partial charge in [0.2, 0.25) is 17.5 Å². The summed E-state index contributed by atoms with van der Waals surface area (Å²) in [6.45, 7) is 1.78. The fourth-order valence-corrected chi connectivity index (χ4v) is 4.01. The molecule has 10 heteroatoms. The normalized spacial score (nSPS) is 13.7. The van der Waals surface area contributed by atoms with Crippen molar-refractivity contribution in [1.82, 2.24) is 9.88 Å². The van der Waals surface area contributed by atoms with Crippen molar-refractivity contribution in [2.24, 2.45) is 0 Å². The Labute approximate surface area is 212 Å². The van der Waals surface area contributed by atoms with E-state index in [9.17, 15) is 10.1 Å². The molecular weight excluding hydrogens is 491 g/mol. The van der Waals surface area contributed by atoms with Gasteiger partial charge in [0.05, 0.1) is 12.1 Å². The molecule has 1 aliphatic heterocycles. The Hall–Kier alpha value is -3.67. The van der Waals surface area contributed by atoms with Gasteiger partial charge >= 0.3 is 0 Å². The van der Waals surface area contributed by atoms with Gasteiger partial charge in [-0.25, -0.2) is 0 Å². The maximum atomic E-state index is 12.6. The molecule has 1 aliphatic rings. The second-order valence-electron chi connectivity index (χ2n) is 7.66. The van der Waals surface area contributed by atoms with Crippen molar-refractivity contribution in [3.05, 3.63) is 69.7 Å². The van der Waals surface area contributed by atoms with Crippen molar-refractivity contribution >= 4 is 47.1 Å². The van der Waals surface area contributed by atoms with Crippen LogP contribution < -0.4 is 14.4 Å². The molecule has 0 atom stereocenters. The zero-order valence-corrected chi connectivity index (χ0v) is 20.4. The maximum absolute atomic E-state index is 12.6. The molecule has 0 unspecified atom stereocenters. The molecule has 0 bridgehead atoms. The maximum Gasteiger partial charge on any atom is 0.260 e. The SMILES string of the molecule is COc1ccc(/C=C/c2nc(C#N)c(N3CCN(C(=O)COc4ccc(Cl)cc4Cl)CC3)o2)cc1. The van der Waals surface area contributed by atoms with Crippen molar-refractivity contribution in [3.63, 3.8) is 0 Å². The Kier molecular flexibility index (Phi) is 7.80. The van der Waals surface area contributed by atoms with E-state index in [4.69, 9.17) is 37.1 Å². The van der Waals surface area contributed by atoms with Gasteiger partial charge in [-0.3, -0.25) is 4.79 Å². The highest BCUT2D eigenvalue weighted by Crippen LogP contribution is 2.28. The van der Waals surface area contributed by atoms with Gasteiger partial charge in [0.25, 0.3) is 5.91 Å². The Bertz CT molecular complexity index is 1260. The average Bonchev–Trinajstić information content (AvgIpc) is 3.30. The highest BCUT2D eigenvalue weighted by atomic mass is 35.5. The monoisotopic (exact) mass is 512 g/mol. The van der Waals surface area contributed by atoms with Crippen LogP contribution >= 0.6 is 23.2 Å². The summed E-state index contributed by atoms with van der Waals surface area (Å²) in [6, 6.07) is 14.5. The van der Waals surface area contributed by atoms with E-state index < -0.39 is 0 Å². The van der Waals surface area contributed by atoms with Crippen molar-refractivity contribution in [1.29, 1.82) is 5.26 Å². The number of rotatable bonds is 7. The number of carbonyl (C=O) groups excluding carboxylic acids is 1. The third-order valence-electron chi connectivity index (χ3n) is 5.43. The van der Waals surface area contributed by atoms with Crippen LogP contribution in [0.3, 0.4) is 0 Å². The van der Waals surface area contributed by atoms with Gasteiger partial charge in [-0.2, -0.15) is 10.2 Å². The van der Waals surface area contributed by atoms with Crippen LogP contribution in [0.5, 0.6) is 11.5 Å². The Morgan fingerprint density at radius 3 is 2.54 bits per heavy atom. The van der Waals surface area contributed by atoms with Gasteiger partial charge in [0.1, 0.15) is 17.6 Å². The zero-order chi connectivity index (χ0) is 24.8. The molecule has 1 saturated heterocycles. The van der Waals surface area contributed by atoms with E-state index in [1.54, 1.807) is 36.3 Å². The van der Waals surface area contributed by atoms with Crippen LogP contribution in [-0.2, 0) is 4.79 Å². The lowest BCUT2D eigenvalue weighted by Crippen LogP contribution is -2.50. The fraction of sp³-hybridized carbons (Fsp3) is 0.240. The van der Waals surface area contributed by atoms with Gasteiger partial charge in [-0.05, 0) is 42.0 Å². The highest BCUT2D eigenvalue weighted by molar-refractivity contribution is 6.35. The molecule has 0 N–H and O–H groups in total. The summed E-state index contributed by atoms with van der Waals surface area (Å²) in [7, 11) is 1.61. The van der Waals surface area contributed by atoms with Gasteiger partial charge in [0.15, 0.2) is 6.61 Å². The van der Waals surface area contributed by atoms with Crippen LogP contribution in [-0.4, -0.2) is 55.7 Å². The molecule has 1 aromatic heterocycles. The van der Waals surface area contributed by atoms with Gasteiger partial charge < -0.3 is 23.7 Å². The summed E-state index contributed by atoms with van der Waals surface area (Å²) >= 11 is 12.0. The van der Waals surface area contributed by atoms with E-state index in [0.717, 1.165) is 11.3 Å². The summed E-state index contributed by atoms with van der Waals surface area (Å²) in [6.07, 6.45) is 3.56. The summed E-state index contributed by atoms with van der Waals surface area (Å²) in [5.74, 6) is 1.75. The van der Waals surface area contributed by atoms with Crippen molar-refractivity contribution in [3.8, 4) is 17.6 Å². The van der Waals surface area contributed by atoms with Crippen LogP contribution in [0.1, 0.15) is 17.1 Å². The summed E-state index contributed by atoms with van der Waals surface area (Å²) < 4.78 is 16.6. The zero-order valence-electron chi connectivity index (χ0n) is 18.9. The molecule has 0 radical (unpaired) electrons. The standard InChI is InChI=1S/C25H22Cl2N4O4/c1-33-19-6-2-17(3-7-19)4-9-23-29-21(15-28)25(35-23)31-12-10-30(11-13-31)24(32)16-34-22-8-5-18(26)14-20(22)27/h2-9,14H,10-13,16H2,1H3/b9-4+. The number of nitrogens with zero attached hydrogens (tertiary/aromatic N) is 4. The number of anilines is 1. The molecule has 2 aromatic carbocycles. The van der Waals surface area contributed by atoms with Crippen LogP contribution in [0, 0.1) is 11.3 Å². The minimum absolute atomic E-state index is 0.132. The van der Waals surface area contributed by atoms with Crippen LogP contribution in [0.4, 0.5) is 5.88 Å². The largest absolute Gasteiger partial charge is 0.497 e. The van der Waals surface area contributed by atoms with Gasteiger partial charge in [-0.1, -0.05) is 35.3 Å². The van der Waals surface area contributed by atoms with Crippen molar-refractivity contribution < 1.29 is 18.7 Å². The average molecular weight is 513 g/mol. The van der Waals surface area contributed by atoms with Gasteiger partial charge in [0, 0.05) is 37.3 Å². The molecule has 4 rings (SSSR count). The smallest absolute Gasteiger partial charge is 0.260 e. The minimum atomic E-state index is -0.156. The second kappa shape index (κ2) is 11.2. The topological polar surface area (TPSA) is 91.8 Å². The lowest BCUT2D eigenvalue weighted by Gasteiger charge is -2.34. The first-order chi connectivity index (χ1) is 17.0. The van der Waals surface area contributed by atoms with Crippen molar-refractivity contribution in [2.75, 3.05) is 44.8 Å². The van der Waals surface area contributed by atoms with E-state index in [-0.39, 0.29) is 18.2 Å². The molecule has 180 valence electrons. The van der Waals surface area contributed by atoms with E-state index >= 15 is 0 Å². The third kappa shape index (κ3) is 6.07. The number of ether oxygens (including phenoxy) is 2. The lowest BCUT2D eigenvalue weighted by molar-refractivity contribution is -0.133. The van der Waals surface area contributed by atoms with Crippen LogP contribution in [0.2, 0.25) is 10.0 Å². The number of piperazine rings is 1. The summed E-state index contributed by atoms with van der Waals surface area (Å²) in [5.41, 5.74) is 1.15. The number of methoxy groups -OCH3 is 1. The predicted octanol–water partition coefficient (Wildman–Crippen LogP) is 4.76. The molecule has 0 spiro atoms. The fourth-order valence-electron chi connectivity index (χ4n) is 3.55. The number of benzene rings is 2. The molecule has 1 amide bonds. The number of halogens is 2. The van der Waals surface area contributed by atoms with Crippen LogP contribution in [0.25, 0.3) is 12.2 Å². The molecule has 3 aromatic rings. The molecule has 2 heterocycles. The molecule has 0 saturated carbocycles. The van der Waals surface area contributed by atoms with Gasteiger partial charge in [-0.15, -0.1) is 0 Å². The molecule has 35 heavy (non-hydrogen) atoms. The number of hydrogen-bond acceptors (Lipinski definition) is 7. The van der Waals surface area contributed by atoms with E-state index in [2.05, 4.69) is 11.1 Å². The van der Waals surface area contributed by atoms with Crippen LogP contribution in [0.15, 0.2) is 46.9 Å². The first-order valence-corrected chi connectivity index (χ1v) is 11.6. The summed E-state index contributed by atoms with van der Waals surface area (Å²) in [5, 5.41) is 10.4. The number of carbonyl (C=O) groups is 1. The number of nitriles is 1. The Morgan fingerprint density at radius 2 is 1.89 bits per heavy atom. The molecule has 8 nitrogen and oxygen atoms in total. The Balaban J connectivity index is 1.34. The van der Waals surface area contributed by atoms with E-state index in [1.807, 2.05) is 35.2 Å². The predicted molar refractivity (Wildman–Crippen MR) is 134 cm³/mol. The Morgan fingerprint density at radius 1 is 1.14 bits per heavy atom. The molecule has 1 fully saturated rings. The number of amides is 1. The first-order valence-electron chi connectivity index (χ1n) is 10.8. The lowest BCUT2D eigenvalue weighted by atomic mass is 10.2. The van der Waals surface area contributed by atoms with E-state index in [1.165, 1.54) is 0 Å². The highest BCUT2D eigenvalue weighted by Gasteiger charge is 2.26. The number of hydrogen-bond donors (Lipinski definition) is 0. The number of oxazole rings is 1. The quantitative estimate of drug-likeness (QED) is 0.450. The van der Waals surface area contributed by atoms with Crippen molar-refractivity contribution in [2.45, 2.75) is 0 Å². The molecule has 0 aliphatic carbocycles. The second-order valence-corrected chi connectivity index (χ2v) is 8.50. The van der Waals surface area contributed by atoms with E-state index in [0.29, 0.717) is 53.7 Å². The summed E-state index contributed by atoms with van der Waals surface area (Å²) in [4.78, 5) is 20.5. The molecular formula is C25H22Cl2N4O4. The number of aromatic nitrogens is 1. The first kappa shape index (κ1) is 24.5. The minimum Gasteiger partial charge on any atom is -0.497 e. The third-order valence-corrected chi connectivity index (χ3v) is 5.96.